The molecule has 0 bridgehead atoms. The molecule has 5 heteroatoms. The van der Waals surface area contributed by atoms with E-state index in [9.17, 15) is 9.59 Å². The van der Waals surface area contributed by atoms with Crippen molar-refractivity contribution in [3.05, 3.63) is 65.1 Å². The summed E-state index contributed by atoms with van der Waals surface area (Å²) in [4.78, 5) is 23.3. The summed E-state index contributed by atoms with van der Waals surface area (Å²) in [6.07, 6.45) is 4.45. The van der Waals surface area contributed by atoms with Crippen LogP contribution in [0.3, 0.4) is 0 Å². The summed E-state index contributed by atoms with van der Waals surface area (Å²) >= 11 is 0. The van der Waals surface area contributed by atoms with E-state index < -0.39 is 11.8 Å². The lowest BCUT2D eigenvalue weighted by atomic mass is 10.1. The molecule has 2 N–H and O–H groups in total. The average Bonchev–Trinajstić information content (AvgIpc) is 2.90. The van der Waals surface area contributed by atoms with Gasteiger partial charge < -0.3 is 4.42 Å². The molecule has 0 fully saturated rings. The third-order valence-corrected chi connectivity index (χ3v) is 2.91. The van der Waals surface area contributed by atoms with Gasteiger partial charge in [0.1, 0.15) is 5.76 Å². The van der Waals surface area contributed by atoms with Crippen molar-refractivity contribution in [1.82, 2.24) is 10.9 Å². The molecule has 1 heterocycles. The topological polar surface area (TPSA) is 71.3 Å². The van der Waals surface area contributed by atoms with E-state index in [1.165, 1.54) is 12.3 Å². The second kappa shape index (κ2) is 6.56. The maximum absolute atomic E-state index is 11.7. The van der Waals surface area contributed by atoms with Crippen molar-refractivity contribution in [1.29, 1.82) is 0 Å². The maximum atomic E-state index is 11.7. The molecule has 21 heavy (non-hydrogen) atoms. The molecular formula is C16H16N2O3. The van der Waals surface area contributed by atoms with Crippen LogP contribution in [0.1, 0.15) is 27.2 Å². The van der Waals surface area contributed by atoms with Crippen LogP contribution in [-0.4, -0.2) is 11.8 Å². The van der Waals surface area contributed by atoms with Crippen LogP contribution in [0.15, 0.2) is 47.1 Å². The molecule has 0 radical (unpaired) electrons. The van der Waals surface area contributed by atoms with E-state index in [4.69, 9.17) is 4.42 Å². The molecule has 1 aromatic carbocycles. The molecule has 0 aliphatic heterocycles. The average molecular weight is 284 g/mol. The molecule has 0 aliphatic carbocycles. The first kappa shape index (κ1) is 14.6. The minimum atomic E-state index is -0.418. The predicted octanol–water partition coefficient (Wildman–Crippen LogP) is 2.37. The fraction of sp³-hybridized carbons (Fsp3) is 0.125. The van der Waals surface area contributed by atoms with Gasteiger partial charge in [0.2, 0.25) is 0 Å². The Morgan fingerprint density at radius 2 is 1.76 bits per heavy atom. The summed E-state index contributed by atoms with van der Waals surface area (Å²) in [5.41, 5.74) is 7.08. The number of carbonyl (C=O) groups excluding carboxylic acids is 2. The molecule has 0 aliphatic rings. The van der Waals surface area contributed by atoms with Crippen molar-refractivity contribution in [3.63, 3.8) is 0 Å². The van der Waals surface area contributed by atoms with Crippen molar-refractivity contribution in [3.8, 4) is 0 Å². The van der Waals surface area contributed by atoms with Crippen molar-refractivity contribution < 1.29 is 14.0 Å². The van der Waals surface area contributed by atoms with Crippen LogP contribution < -0.4 is 10.9 Å². The molecule has 0 atom stereocenters. The Morgan fingerprint density at radius 1 is 1.05 bits per heavy atom. The zero-order valence-electron chi connectivity index (χ0n) is 11.8. The van der Waals surface area contributed by atoms with E-state index in [2.05, 4.69) is 10.9 Å². The molecule has 2 rings (SSSR count). The van der Waals surface area contributed by atoms with Gasteiger partial charge in [-0.05, 0) is 31.6 Å². The monoisotopic (exact) mass is 284 g/mol. The number of hydrazine groups is 1. The van der Waals surface area contributed by atoms with E-state index in [1.54, 1.807) is 19.1 Å². The quantitative estimate of drug-likeness (QED) is 0.671. The Labute approximate surface area is 122 Å². The van der Waals surface area contributed by atoms with Crippen LogP contribution in [-0.2, 0) is 4.79 Å². The number of nitrogens with one attached hydrogen (secondary N) is 2. The Bertz CT molecular complexity index is 669. The van der Waals surface area contributed by atoms with Crippen LogP contribution in [0.5, 0.6) is 0 Å². The Hall–Kier alpha value is -2.82. The summed E-state index contributed by atoms with van der Waals surface area (Å²) in [6.45, 7) is 3.67. The minimum Gasteiger partial charge on any atom is -0.469 e. The summed E-state index contributed by atoms with van der Waals surface area (Å²) < 4.78 is 5.02. The second-order valence-corrected chi connectivity index (χ2v) is 4.58. The second-order valence-electron chi connectivity index (χ2n) is 4.58. The van der Waals surface area contributed by atoms with E-state index in [1.807, 2.05) is 31.2 Å². The SMILES string of the molecule is Cc1ccc(C=CC(=O)NNC(=O)c2ccoc2C)cc1. The summed E-state index contributed by atoms with van der Waals surface area (Å²) in [6, 6.07) is 9.28. The predicted molar refractivity (Wildman–Crippen MR) is 79.3 cm³/mol. The molecule has 0 unspecified atom stereocenters. The third kappa shape index (κ3) is 4.07. The Balaban J connectivity index is 1.86. The van der Waals surface area contributed by atoms with Crippen LogP contribution >= 0.6 is 0 Å². The molecule has 1 aromatic heterocycles. The van der Waals surface area contributed by atoms with Gasteiger partial charge in [-0.3, -0.25) is 20.4 Å². The fourth-order valence-corrected chi connectivity index (χ4v) is 1.70. The van der Waals surface area contributed by atoms with Gasteiger partial charge in [0.25, 0.3) is 11.8 Å². The largest absolute Gasteiger partial charge is 0.469 e. The summed E-state index contributed by atoms with van der Waals surface area (Å²) in [7, 11) is 0. The smallest absolute Gasteiger partial charge is 0.273 e. The molecule has 108 valence electrons. The van der Waals surface area contributed by atoms with Crippen LogP contribution in [0, 0.1) is 13.8 Å². The van der Waals surface area contributed by atoms with E-state index in [-0.39, 0.29) is 0 Å². The van der Waals surface area contributed by atoms with Gasteiger partial charge >= 0.3 is 0 Å². The number of hydrogen-bond acceptors (Lipinski definition) is 3. The first-order valence-corrected chi connectivity index (χ1v) is 6.45. The lowest BCUT2D eigenvalue weighted by molar-refractivity contribution is -0.117. The highest BCUT2D eigenvalue weighted by Gasteiger charge is 2.11. The number of aryl methyl sites for hydroxylation is 2. The first-order chi connectivity index (χ1) is 10.1. The normalized spacial score (nSPS) is 10.6. The Morgan fingerprint density at radius 3 is 2.38 bits per heavy atom. The van der Waals surface area contributed by atoms with Crippen molar-refractivity contribution >= 4 is 17.9 Å². The highest BCUT2D eigenvalue weighted by molar-refractivity contribution is 5.98. The lowest BCUT2D eigenvalue weighted by Gasteiger charge is -2.04. The summed E-state index contributed by atoms with van der Waals surface area (Å²) in [5.74, 6) is -0.333. The first-order valence-electron chi connectivity index (χ1n) is 6.45. The number of hydrogen-bond donors (Lipinski definition) is 2. The molecule has 0 saturated heterocycles. The molecule has 0 spiro atoms. The van der Waals surface area contributed by atoms with E-state index >= 15 is 0 Å². The van der Waals surface area contributed by atoms with Crippen molar-refractivity contribution in [2.75, 3.05) is 0 Å². The van der Waals surface area contributed by atoms with Gasteiger partial charge in [-0.2, -0.15) is 0 Å². The molecule has 2 aromatic rings. The zero-order valence-corrected chi connectivity index (χ0v) is 11.8. The van der Waals surface area contributed by atoms with Gasteiger partial charge in [-0.25, -0.2) is 0 Å². The highest BCUT2D eigenvalue weighted by Crippen LogP contribution is 2.07. The number of furan rings is 1. The van der Waals surface area contributed by atoms with Crippen LogP contribution in [0.25, 0.3) is 6.08 Å². The van der Waals surface area contributed by atoms with Gasteiger partial charge in [-0.1, -0.05) is 29.8 Å². The van der Waals surface area contributed by atoms with Gasteiger partial charge in [0.05, 0.1) is 11.8 Å². The number of rotatable bonds is 3. The minimum absolute atomic E-state index is 0.387. The molecule has 5 nitrogen and oxygen atoms in total. The highest BCUT2D eigenvalue weighted by atomic mass is 16.3. The Kier molecular flexibility index (Phi) is 4.56. The van der Waals surface area contributed by atoms with Gasteiger partial charge in [0, 0.05) is 6.08 Å². The van der Waals surface area contributed by atoms with E-state index in [0.29, 0.717) is 11.3 Å². The van der Waals surface area contributed by atoms with Crippen LogP contribution in [0.2, 0.25) is 0 Å². The third-order valence-electron chi connectivity index (χ3n) is 2.91. The maximum Gasteiger partial charge on any atom is 0.273 e. The zero-order chi connectivity index (χ0) is 15.2. The number of benzene rings is 1. The van der Waals surface area contributed by atoms with Gasteiger partial charge in [0.15, 0.2) is 0 Å². The van der Waals surface area contributed by atoms with Crippen molar-refractivity contribution in [2.45, 2.75) is 13.8 Å². The standard InChI is InChI=1S/C16H16N2O3/c1-11-3-5-13(6-4-11)7-8-15(19)17-18-16(20)14-9-10-21-12(14)2/h3-10H,1-2H3,(H,17,19)(H,18,20). The van der Waals surface area contributed by atoms with E-state index in [0.717, 1.165) is 11.1 Å². The molecule has 2 amide bonds. The fourth-order valence-electron chi connectivity index (χ4n) is 1.70. The number of carbonyl (C=O) groups is 2. The molecule has 0 saturated carbocycles. The lowest BCUT2D eigenvalue weighted by Crippen LogP contribution is -2.40. The van der Waals surface area contributed by atoms with Gasteiger partial charge in [-0.15, -0.1) is 0 Å². The summed E-state index contributed by atoms with van der Waals surface area (Å²) in [5, 5.41) is 0. The molecular weight excluding hydrogens is 268 g/mol. The number of amides is 2. The van der Waals surface area contributed by atoms with Crippen LogP contribution in [0.4, 0.5) is 0 Å². The van der Waals surface area contributed by atoms with Crippen molar-refractivity contribution in [2.24, 2.45) is 0 Å².